The van der Waals surface area contributed by atoms with E-state index in [9.17, 15) is 18.0 Å². The van der Waals surface area contributed by atoms with Gasteiger partial charge in [0.05, 0.1) is 11.4 Å². The van der Waals surface area contributed by atoms with E-state index in [-0.39, 0.29) is 19.5 Å². The van der Waals surface area contributed by atoms with Gasteiger partial charge in [0.15, 0.2) is 5.78 Å². The van der Waals surface area contributed by atoms with Crippen molar-refractivity contribution in [2.24, 2.45) is 0 Å². The lowest BCUT2D eigenvalue weighted by atomic mass is 10.1. The fourth-order valence-electron chi connectivity index (χ4n) is 1.06. The van der Waals surface area contributed by atoms with Crippen LogP contribution < -0.4 is 0 Å². The normalized spacial score (nSPS) is 11.6. The quantitative estimate of drug-likeness (QED) is 0.386. The number of halogens is 6. The van der Waals surface area contributed by atoms with Gasteiger partial charge in [-0.15, -0.1) is 11.6 Å². The van der Waals surface area contributed by atoms with Gasteiger partial charge in [-0.2, -0.15) is 13.2 Å². The Bertz CT molecular complexity index is 433. The highest BCUT2D eigenvalue weighted by Crippen LogP contribution is 2.37. The van der Waals surface area contributed by atoms with Crippen molar-refractivity contribution in [3.8, 4) is 0 Å². The lowest BCUT2D eigenvalue weighted by molar-refractivity contribution is -0.138. The number of hydrogen-bond donors (Lipinski definition) is 0. The maximum atomic E-state index is 12.5. The molecule has 1 nitrogen and oxygen atoms in total. The van der Waals surface area contributed by atoms with Gasteiger partial charge in [-0.25, -0.2) is 0 Å². The first-order valence-corrected chi connectivity index (χ1v) is 6.34. The molecule has 0 heterocycles. The van der Waals surface area contributed by atoms with Gasteiger partial charge < -0.3 is 0 Å². The lowest BCUT2D eigenvalue weighted by Gasteiger charge is -2.12. The number of alkyl halides is 4. The van der Waals surface area contributed by atoms with Crippen molar-refractivity contribution in [3.05, 3.63) is 31.3 Å². The fourth-order valence-corrected chi connectivity index (χ4v) is 2.54. The van der Waals surface area contributed by atoms with Gasteiger partial charge in [-0.3, -0.25) is 4.79 Å². The van der Waals surface area contributed by atoms with E-state index in [1.54, 1.807) is 22.6 Å². The molecule has 0 unspecified atom stereocenters. The molecule has 1 rings (SSSR count). The Labute approximate surface area is 117 Å². The second-order valence-corrected chi connectivity index (χ2v) is 4.98. The third-order valence-electron chi connectivity index (χ3n) is 1.81. The largest absolute Gasteiger partial charge is 0.417 e. The molecule has 0 bridgehead atoms. The molecule has 16 heavy (non-hydrogen) atoms. The summed E-state index contributed by atoms with van der Waals surface area (Å²) in [5, 5.41) is 0. The summed E-state index contributed by atoms with van der Waals surface area (Å²) >= 11 is 9.87. The molecule has 0 N–H and O–H groups in total. The molecule has 88 valence electrons. The average molecular weight is 427 g/mol. The predicted octanol–water partition coefficient (Wildman–Crippen LogP) is 4.49. The molecule has 1 aromatic rings. The van der Waals surface area contributed by atoms with Gasteiger partial charge in [0.1, 0.15) is 0 Å². The minimum Gasteiger partial charge on any atom is -0.293 e. The van der Waals surface area contributed by atoms with Gasteiger partial charge in [-0.05, 0) is 50.7 Å². The number of hydrogen-bond acceptors (Lipinski definition) is 1. The highest BCUT2D eigenvalue weighted by molar-refractivity contribution is 14.1. The topological polar surface area (TPSA) is 17.1 Å². The molecule has 0 saturated heterocycles. The van der Waals surface area contributed by atoms with Crippen LogP contribution in [0.2, 0.25) is 0 Å². The van der Waals surface area contributed by atoms with Gasteiger partial charge >= 0.3 is 6.18 Å². The number of benzene rings is 1. The standard InChI is InChI=1S/C9H4BrClF3IO/c10-7-4(6(16)3-11)1-2-5(8(7)15)9(12,13)14/h1-2H,3H2. The van der Waals surface area contributed by atoms with Crippen molar-refractivity contribution >= 4 is 55.9 Å². The molecule has 0 fully saturated rings. The summed E-state index contributed by atoms with van der Waals surface area (Å²) in [7, 11) is 0. The minimum atomic E-state index is -4.43. The number of rotatable bonds is 2. The van der Waals surface area contributed by atoms with Crippen molar-refractivity contribution in [1.82, 2.24) is 0 Å². The Kier molecular flexibility index (Phi) is 4.65. The van der Waals surface area contributed by atoms with Gasteiger partial charge in [-0.1, -0.05) is 0 Å². The molecule has 0 aromatic heterocycles. The maximum absolute atomic E-state index is 12.5. The van der Waals surface area contributed by atoms with Crippen LogP contribution in [0.3, 0.4) is 0 Å². The van der Waals surface area contributed by atoms with Crippen molar-refractivity contribution in [3.63, 3.8) is 0 Å². The van der Waals surface area contributed by atoms with Gasteiger partial charge in [0, 0.05) is 13.6 Å². The monoisotopic (exact) mass is 426 g/mol. The van der Waals surface area contributed by atoms with E-state index < -0.39 is 17.5 Å². The molecule has 1 aromatic carbocycles. The van der Waals surface area contributed by atoms with Crippen LogP contribution in [-0.4, -0.2) is 11.7 Å². The first-order valence-electron chi connectivity index (χ1n) is 3.93. The Morgan fingerprint density at radius 3 is 2.44 bits per heavy atom. The van der Waals surface area contributed by atoms with Crippen LogP contribution in [0.25, 0.3) is 0 Å². The van der Waals surface area contributed by atoms with Crippen molar-refractivity contribution < 1.29 is 18.0 Å². The zero-order valence-electron chi connectivity index (χ0n) is 7.54. The zero-order valence-corrected chi connectivity index (χ0v) is 12.0. The third kappa shape index (κ3) is 2.89. The van der Waals surface area contributed by atoms with E-state index in [0.717, 1.165) is 12.1 Å². The Balaban J connectivity index is 3.35. The molecule has 7 heteroatoms. The number of carbonyl (C=O) groups is 1. The van der Waals surface area contributed by atoms with E-state index in [2.05, 4.69) is 15.9 Å². The summed E-state index contributed by atoms with van der Waals surface area (Å²) in [4.78, 5) is 11.3. The predicted molar refractivity (Wildman–Crippen MR) is 66.9 cm³/mol. The maximum Gasteiger partial charge on any atom is 0.417 e. The first-order chi connectivity index (χ1) is 7.29. The van der Waals surface area contributed by atoms with Gasteiger partial charge in [0.2, 0.25) is 0 Å². The van der Waals surface area contributed by atoms with E-state index in [1.807, 2.05) is 0 Å². The third-order valence-corrected chi connectivity index (χ3v) is 4.74. The summed E-state index contributed by atoms with van der Waals surface area (Å²) in [6.07, 6.45) is -4.43. The van der Waals surface area contributed by atoms with Crippen molar-refractivity contribution in [2.45, 2.75) is 6.18 Å². The van der Waals surface area contributed by atoms with E-state index in [4.69, 9.17) is 11.6 Å². The first kappa shape index (κ1) is 14.2. The van der Waals surface area contributed by atoms with Crippen LogP contribution in [0.4, 0.5) is 13.2 Å². The Morgan fingerprint density at radius 2 is 2.00 bits per heavy atom. The second-order valence-electron chi connectivity index (χ2n) is 2.84. The van der Waals surface area contributed by atoms with Crippen LogP contribution in [0.1, 0.15) is 15.9 Å². The van der Waals surface area contributed by atoms with Crippen molar-refractivity contribution in [1.29, 1.82) is 0 Å². The van der Waals surface area contributed by atoms with E-state index >= 15 is 0 Å². The summed E-state index contributed by atoms with van der Waals surface area (Å²) < 4.78 is 37.6. The molecule has 0 atom stereocenters. The molecule has 0 aliphatic heterocycles. The number of ketones is 1. The molecule has 0 aliphatic rings. The molecule has 0 spiro atoms. The molecule has 0 aliphatic carbocycles. The number of carbonyl (C=O) groups excluding carboxylic acids is 1. The SMILES string of the molecule is O=C(CCl)c1ccc(C(F)(F)F)c(I)c1Br. The summed E-state index contributed by atoms with van der Waals surface area (Å²) in [6.45, 7) is 0. The summed E-state index contributed by atoms with van der Waals surface area (Å²) in [5.41, 5.74) is -0.613. The van der Waals surface area contributed by atoms with Crippen LogP contribution in [0.5, 0.6) is 0 Å². The van der Waals surface area contributed by atoms with Crippen LogP contribution >= 0.6 is 50.1 Å². The van der Waals surface area contributed by atoms with Gasteiger partial charge in [0.25, 0.3) is 0 Å². The second kappa shape index (κ2) is 5.22. The molecular weight excluding hydrogens is 423 g/mol. The zero-order chi connectivity index (χ0) is 12.5. The highest BCUT2D eigenvalue weighted by Gasteiger charge is 2.34. The summed E-state index contributed by atoms with van der Waals surface area (Å²) in [5.74, 6) is -0.680. The van der Waals surface area contributed by atoms with E-state index in [1.165, 1.54) is 0 Å². The fraction of sp³-hybridized carbons (Fsp3) is 0.222. The van der Waals surface area contributed by atoms with Crippen molar-refractivity contribution in [2.75, 3.05) is 5.88 Å². The van der Waals surface area contributed by atoms with E-state index in [0.29, 0.717) is 0 Å². The van der Waals surface area contributed by atoms with Crippen LogP contribution in [0, 0.1) is 3.57 Å². The molecular formula is C9H4BrClF3IO. The summed E-state index contributed by atoms with van der Waals surface area (Å²) in [6, 6.07) is 2.01. The molecule has 0 saturated carbocycles. The number of Topliss-reactive ketones (excluding diaryl/α,β-unsaturated/α-hetero) is 1. The lowest BCUT2D eigenvalue weighted by Crippen LogP contribution is -2.11. The Hall–Kier alpha value is 0.180. The molecule has 0 radical (unpaired) electrons. The highest BCUT2D eigenvalue weighted by atomic mass is 127. The average Bonchev–Trinajstić information content (AvgIpc) is 2.19. The Morgan fingerprint density at radius 1 is 1.44 bits per heavy atom. The minimum absolute atomic E-state index is 0.0407. The molecule has 0 amide bonds. The van der Waals surface area contributed by atoms with Crippen LogP contribution in [0.15, 0.2) is 16.6 Å². The van der Waals surface area contributed by atoms with Crippen LogP contribution in [-0.2, 0) is 6.18 Å². The smallest absolute Gasteiger partial charge is 0.293 e.